The molecule has 1 aromatic rings. The van der Waals surface area contributed by atoms with Gasteiger partial charge in [0.1, 0.15) is 0 Å². The number of piperidine rings is 1. The van der Waals surface area contributed by atoms with Crippen molar-refractivity contribution in [3.05, 3.63) is 34.9 Å². The molecule has 0 aromatic heterocycles. The zero-order chi connectivity index (χ0) is 17.2. The Bertz CT molecular complexity index is 610. The summed E-state index contributed by atoms with van der Waals surface area (Å²) < 4.78 is 0. The van der Waals surface area contributed by atoms with E-state index in [0.717, 1.165) is 43.7 Å². The number of carbonyl (C=O) groups is 2. The smallest absolute Gasteiger partial charge is 0.222 e. The molecule has 0 spiro atoms. The average Bonchev–Trinajstić information content (AvgIpc) is 3.35. The molecule has 2 fully saturated rings. The predicted octanol–water partition coefficient (Wildman–Crippen LogP) is 3.28. The summed E-state index contributed by atoms with van der Waals surface area (Å²) in [5, 5.41) is 3.83. The Labute approximate surface area is 148 Å². The monoisotopic (exact) mass is 348 g/mol. The molecule has 0 bridgehead atoms. The summed E-state index contributed by atoms with van der Waals surface area (Å²) in [6.45, 7) is 3.04. The maximum atomic E-state index is 12.4. The summed E-state index contributed by atoms with van der Waals surface area (Å²) in [4.78, 5) is 25.9. The fraction of sp³-hybridized carbons (Fsp3) is 0.579. The average molecular weight is 349 g/mol. The van der Waals surface area contributed by atoms with Gasteiger partial charge < -0.3 is 10.2 Å². The fourth-order valence-corrected chi connectivity index (χ4v) is 3.83. The van der Waals surface area contributed by atoms with Gasteiger partial charge in [-0.1, -0.05) is 23.7 Å². The van der Waals surface area contributed by atoms with Crippen molar-refractivity contribution in [1.82, 2.24) is 10.2 Å². The molecule has 1 heterocycles. The summed E-state index contributed by atoms with van der Waals surface area (Å²) >= 11 is 5.96. The Kier molecular flexibility index (Phi) is 5.14. The van der Waals surface area contributed by atoms with Gasteiger partial charge in [-0.25, -0.2) is 0 Å². The number of rotatable bonds is 5. The largest absolute Gasteiger partial charge is 0.355 e. The molecule has 1 aliphatic carbocycles. The van der Waals surface area contributed by atoms with Crippen molar-refractivity contribution in [1.29, 1.82) is 0 Å². The predicted molar refractivity (Wildman–Crippen MR) is 95.0 cm³/mol. The van der Waals surface area contributed by atoms with E-state index in [1.807, 2.05) is 17.0 Å². The minimum Gasteiger partial charge on any atom is -0.355 e. The molecule has 0 radical (unpaired) electrons. The molecule has 5 heteroatoms. The summed E-state index contributed by atoms with van der Waals surface area (Å²) in [7, 11) is 0. The van der Waals surface area contributed by atoms with Crippen molar-refractivity contribution in [2.45, 2.75) is 56.9 Å². The fourth-order valence-electron chi connectivity index (χ4n) is 3.70. The first-order valence-electron chi connectivity index (χ1n) is 8.80. The van der Waals surface area contributed by atoms with Gasteiger partial charge >= 0.3 is 0 Å². The van der Waals surface area contributed by atoms with Crippen LogP contribution in [0.3, 0.4) is 0 Å². The van der Waals surface area contributed by atoms with E-state index in [2.05, 4.69) is 17.4 Å². The molecule has 1 saturated carbocycles. The molecule has 2 amide bonds. The lowest BCUT2D eigenvalue weighted by Crippen LogP contribution is -2.45. The number of likely N-dealkylation sites (tertiary alicyclic amines) is 1. The van der Waals surface area contributed by atoms with Gasteiger partial charge in [0.2, 0.25) is 11.8 Å². The molecule has 24 heavy (non-hydrogen) atoms. The minimum atomic E-state index is 0.0494. The van der Waals surface area contributed by atoms with E-state index in [9.17, 15) is 9.59 Å². The molecule has 2 aliphatic rings. The van der Waals surface area contributed by atoms with Gasteiger partial charge in [-0.2, -0.15) is 0 Å². The van der Waals surface area contributed by atoms with Crippen LogP contribution in [0.4, 0.5) is 0 Å². The summed E-state index contributed by atoms with van der Waals surface area (Å²) in [5.74, 6) is 0.126. The van der Waals surface area contributed by atoms with Crippen LogP contribution in [0.5, 0.6) is 0 Å². The van der Waals surface area contributed by atoms with Crippen LogP contribution in [-0.4, -0.2) is 35.8 Å². The van der Waals surface area contributed by atoms with Gasteiger partial charge in [-0.15, -0.1) is 0 Å². The molecule has 1 saturated heterocycles. The van der Waals surface area contributed by atoms with Crippen molar-refractivity contribution in [3.63, 3.8) is 0 Å². The Balaban J connectivity index is 1.54. The Morgan fingerprint density at radius 2 is 1.96 bits per heavy atom. The quantitative estimate of drug-likeness (QED) is 0.887. The lowest BCUT2D eigenvalue weighted by atomic mass is 9.95. The van der Waals surface area contributed by atoms with E-state index in [0.29, 0.717) is 13.0 Å². The Morgan fingerprint density at radius 1 is 1.25 bits per heavy atom. The second-order valence-corrected chi connectivity index (χ2v) is 7.57. The van der Waals surface area contributed by atoms with Crippen molar-refractivity contribution in [3.8, 4) is 0 Å². The molecule has 3 rings (SSSR count). The second kappa shape index (κ2) is 7.14. The lowest BCUT2D eigenvalue weighted by Gasteiger charge is -2.34. The highest BCUT2D eigenvalue weighted by Gasteiger charge is 2.44. The molecule has 130 valence electrons. The normalized spacial score (nSPS) is 22.1. The van der Waals surface area contributed by atoms with Gasteiger partial charge in [-0.05, 0) is 49.8 Å². The van der Waals surface area contributed by atoms with E-state index in [1.165, 1.54) is 5.56 Å². The third kappa shape index (κ3) is 3.92. The van der Waals surface area contributed by atoms with E-state index < -0.39 is 0 Å². The molecule has 1 aliphatic heterocycles. The van der Waals surface area contributed by atoms with Crippen molar-refractivity contribution < 1.29 is 9.59 Å². The standard InChI is InChI=1S/C19H25ClN2O2/c1-14(23)22-11-3-2-4-17(22)12-18(24)21-13-19(9-10-19)15-5-7-16(20)8-6-15/h5-8,17H,2-4,9-13H2,1H3,(H,21,24)/t17-/m1/s1. The lowest BCUT2D eigenvalue weighted by molar-refractivity contribution is -0.134. The van der Waals surface area contributed by atoms with Gasteiger partial charge in [0, 0.05) is 42.9 Å². The van der Waals surface area contributed by atoms with E-state index in [1.54, 1.807) is 6.92 Å². The number of hydrogen-bond acceptors (Lipinski definition) is 2. The van der Waals surface area contributed by atoms with Crippen LogP contribution >= 0.6 is 11.6 Å². The van der Waals surface area contributed by atoms with Gasteiger partial charge in [0.05, 0.1) is 0 Å². The third-order valence-electron chi connectivity index (χ3n) is 5.39. The van der Waals surface area contributed by atoms with Crippen LogP contribution in [0, 0.1) is 0 Å². The van der Waals surface area contributed by atoms with E-state index in [-0.39, 0.29) is 23.3 Å². The summed E-state index contributed by atoms with van der Waals surface area (Å²) in [5.41, 5.74) is 1.32. The van der Waals surface area contributed by atoms with Crippen LogP contribution in [0.15, 0.2) is 24.3 Å². The van der Waals surface area contributed by atoms with Crippen molar-refractivity contribution in [2.75, 3.05) is 13.1 Å². The first-order chi connectivity index (χ1) is 11.5. The van der Waals surface area contributed by atoms with Crippen molar-refractivity contribution >= 4 is 23.4 Å². The van der Waals surface area contributed by atoms with E-state index in [4.69, 9.17) is 11.6 Å². The van der Waals surface area contributed by atoms with E-state index >= 15 is 0 Å². The first kappa shape index (κ1) is 17.3. The molecular formula is C19H25ClN2O2. The third-order valence-corrected chi connectivity index (χ3v) is 5.64. The highest BCUT2D eigenvalue weighted by atomic mass is 35.5. The molecule has 1 atom stereocenters. The maximum Gasteiger partial charge on any atom is 0.222 e. The SMILES string of the molecule is CC(=O)N1CCCC[C@@H]1CC(=O)NCC1(c2ccc(Cl)cc2)CC1. The number of benzene rings is 1. The molecule has 1 aromatic carbocycles. The van der Waals surface area contributed by atoms with Gasteiger partial charge in [0.15, 0.2) is 0 Å². The first-order valence-corrected chi connectivity index (χ1v) is 9.18. The topological polar surface area (TPSA) is 49.4 Å². The highest BCUT2D eigenvalue weighted by molar-refractivity contribution is 6.30. The number of amides is 2. The maximum absolute atomic E-state index is 12.4. The zero-order valence-corrected chi connectivity index (χ0v) is 14.9. The number of nitrogens with one attached hydrogen (secondary N) is 1. The van der Waals surface area contributed by atoms with Crippen LogP contribution < -0.4 is 5.32 Å². The Hall–Kier alpha value is -1.55. The minimum absolute atomic E-state index is 0.0494. The van der Waals surface area contributed by atoms with Crippen LogP contribution in [-0.2, 0) is 15.0 Å². The molecular weight excluding hydrogens is 324 g/mol. The van der Waals surface area contributed by atoms with Gasteiger partial charge in [-0.3, -0.25) is 9.59 Å². The molecule has 1 N–H and O–H groups in total. The summed E-state index contributed by atoms with van der Waals surface area (Å²) in [6, 6.07) is 7.99. The number of carbonyl (C=O) groups excluding carboxylic acids is 2. The van der Waals surface area contributed by atoms with Crippen LogP contribution in [0.25, 0.3) is 0 Å². The Morgan fingerprint density at radius 3 is 2.58 bits per heavy atom. The molecule has 0 unspecified atom stereocenters. The second-order valence-electron chi connectivity index (χ2n) is 7.13. The number of hydrogen-bond donors (Lipinski definition) is 1. The van der Waals surface area contributed by atoms with Crippen LogP contribution in [0.1, 0.15) is 51.0 Å². The number of nitrogens with zero attached hydrogens (tertiary/aromatic N) is 1. The summed E-state index contributed by atoms with van der Waals surface area (Å²) in [6.07, 6.45) is 5.66. The van der Waals surface area contributed by atoms with Gasteiger partial charge in [0.25, 0.3) is 0 Å². The highest BCUT2D eigenvalue weighted by Crippen LogP contribution is 2.47. The van der Waals surface area contributed by atoms with Crippen LogP contribution in [0.2, 0.25) is 5.02 Å². The zero-order valence-electron chi connectivity index (χ0n) is 14.2. The van der Waals surface area contributed by atoms with Crippen molar-refractivity contribution in [2.24, 2.45) is 0 Å². The number of halogens is 1. The molecule has 4 nitrogen and oxygen atoms in total.